The second-order valence-corrected chi connectivity index (χ2v) is 3.63. The van der Waals surface area contributed by atoms with Crippen molar-refractivity contribution in [3.05, 3.63) is 53.9 Å². The fourth-order valence-electron chi connectivity index (χ4n) is 1.59. The zero-order chi connectivity index (χ0) is 12.3. The Morgan fingerprint density at radius 2 is 2.18 bits per heavy atom. The van der Waals surface area contributed by atoms with Crippen LogP contribution in [0.4, 0.5) is 0 Å². The summed E-state index contributed by atoms with van der Waals surface area (Å²) in [5, 5.41) is 9.96. The molecule has 2 rings (SSSR count). The number of methoxy groups -OCH3 is 1. The van der Waals surface area contributed by atoms with Crippen LogP contribution < -0.4 is 4.74 Å². The molecule has 17 heavy (non-hydrogen) atoms. The maximum Gasteiger partial charge on any atom is 0.211 e. The fraction of sp³-hybridized carbons (Fsp3) is 0.154. The number of Topliss-reactive ketones (excluding diaryl/α,β-unsaturated/α-hetero) is 1. The lowest BCUT2D eigenvalue weighted by Gasteiger charge is -2.10. The summed E-state index contributed by atoms with van der Waals surface area (Å²) in [7, 11) is 1.54. The van der Waals surface area contributed by atoms with E-state index in [1.165, 1.54) is 7.11 Å². The quantitative estimate of drug-likeness (QED) is 0.790. The van der Waals surface area contributed by atoms with E-state index < -0.39 is 6.10 Å². The molecule has 0 fully saturated rings. The predicted molar refractivity (Wildman–Crippen MR) is 63.1 cm³/mol. The van der Waals surface area contributed by atoms with Gasteiger partial charge < -0.3 is 14.8 Å². The van der Waals surface area contributed by atoms with E-state index >= 15 is 0 Å². The molecule has 88 valence electrons. The molecule has 0 aliphatic rings. The highest BCUT2D eigenvalue weighted by Crippen LogP contribution is 2.21. The first-order valence-electron chi connectivity index (χ1n) is 5.22. The number of aliphatic hydroxyl groups is 1. The number of benzene rings is 1. The van der Waals surface area contributed by atoms with Gasteiger partial charge in [0, 0.05) is 6.20 Å². The fourth-order valence-corrected chi connectivity index (χ4v) is 1.59. The smallest absolute Gasteiger partial charge is 0.211 e. The Hall–Kier alpha value is -2.07. The lowest BCUT2D eigenvalue weighted by Crippen LogP contribution is -2.12. The van der Waals surface area contributed by atoms with Gasteiger partial charge in [-0.2, -0.15) is 0 Å². The van der Waals surface area contributed by atoms with Crippen LogP contribution in [0.5, 0.6) is 5.75 Å². The molecule has 4 heteroatoms. The Kier molecular flexibility index (Phi) is 3.25. The number of aromatic amines is 1. The molecule has 0 saturated heterocycles. The van der Waals surface area contributed by atoms with Crippen molar-refractivity contribution in [2.45, 2.75) is 6.10 Å². The van der Waals surface area contributed by atoms with Gasteiger partial charge in [0.2, 0.25) is 5.78 Å². The minimum atomic E-state index is -1.18. The van der Waals surface area contributed by atoms with E-state index in [1.807, 2.05) is 0 Å². The number of aliphatic hydroxyl groups excluding tert-OH is 1. The van der Waals surface area contributed by atoms with Crippen molar-refractivity contribution in [3.8, 4) is 5.75 Å². The summed E-state index contributed by atoms with van der Waals surface area (Å²) in [5.74, 6) is 0.254. The van der Waals surface area contributed by atoms with Crippen LogP contribution in [0.1, 0.15) is 22.2 Å². The second-order valence-electron chi connectivity index (χ2n) is 3.63. The highest BCUT2D eigenvalue weighted by molar-refractivity contribution is 5.98. The number of rotatable bonds is 4. The van der Waals surface area contributed by atoms with Gasteiger partial charge in [-0.1, -0.05) is 12.1 Å². The first-order valence-corrected chi connectivity index (χ1v) is 5.22. The Morgan fingerprint density at radius 1 is 1.35 bits per heavy atom. The number of nitrogens with one attached hydrogen (secondary N) is 1. The Balaban J connectivity index is 2.24. The van der Waals surface area contributed by atoms with Gasteiger partial charge in [0.15, 0.2) is 0 Å². The SMILES string of the molecule is COc1cccc(C(O)C(=O)c2ccc[nH]2)c1. The molecule has 2 N–H and O–H groups in total. The third kappa shape index (κ3) is 2.37. The molecule has 1 aromatic heterocycles. The first kappa shape index (κ1) is 11.4. The lowest BCUT2D eigenvalue weighted by molar-refractivity contribution is 0.0742. The largest absolute Gasteiger partial charge is 0.497 e. The standard InChI is InChI=1S/C13H13NO3/c1-17-10-5-2-4-9(8-10)12(15)13(16)11-6-3-7-14-11/h2-8,12,14-15H,1H3. The lowest BCUT2D eigenvalue weighted by atomic mass is 10.0. The molecule has 0 spiro atoms. The number of carbonyl (C=O) groups is 1. The van der Waals surface area contributed by atoms with Crippen LogP contribution in [-0.2, 0) is 0 Å². The van der Waals surface area contributed by atoms with E-state index in [0.717, 1.165) is 0 Å². The molecule has 1 atom stereocenters. The van der Waals surface area contributed by atoms with Crippen molar-refractivity contribution in [2.24, 2.45) is 0 Å². The van der Waals surface area contributed by atoms with Gasteiger partial charge in [-0.15, -0.1) is 0 Å². The molecule has 0 radical (unpaired) electrons. The van der Waals surface area contributed by atoms with E-state index in [2.05, 4.69) is 4.98 Å². The Labute approximate surface area is 98.9 Å². The number of ether oxygens (including phenoxy) is 1. The number of hydrogen-bond acceptors (Lipinski definition) is 3. The summed E-state index contributed by atoms with van der Waals surface area (Å²) in [4.78, 5) is 14.7. The Morgan fingerprint density at radius 3 is 2.82 bits per heavy atom. The highest BCUT2D eigenvalue weighted by Gasteiger charge is 2.20. The first-order chi connectivity index (χ1) is 8.22. The number of carbonyl (C=O) groups excluding carboxylic acids is 1. The van der Waals surface area contributed by atoms with Gasteiger partial charge in [0.25, 0.3) is 0 Å². The van der Waals surface area contributed by atoms with Gasteiger partial charge in [-0.25, -0.2) is 0 Å². The maximum atomic E-state index is 11.9. The predicted octanol–water partition coefficient (Wildman–Crippen LogP) is 1.94. The van der Waals surface area contributed by atoms with E-state index in [9.17, 15) is 9.90 Å². The van der Waals surface area contributed by atoms with Crippen molar-refractivity contribution in [1.82, 2.24) is 4.98 Å². The summed E-state index contributed by atoms with van der Waals surface area (Å²) >= 11 is 0. The Bertz CT molecular complexity index is 505. The molecule has 0 bridgehead atoms. The van der Waals surface area contributed by atoms with Crippen LogP contribution in [-0.4, -0.2) is 23.0 Å². The third-order valence-corrected chi connectivity index (χ3v) is 2.52. The van der Waals surface area contributed by atoms with Crippen LogP contribution in [0.15, 0.2) is 42.6 Å². The van der Waals surface area contributed by atoms with Crippen LogP contribution in [0.25, 0.3) is 0 Å². The number of hydrogen-bond donors (Lipinski definition) is 2. The summed E-state index contributed by atoms with van der Waals surface area (Å²) in [6.45, 7) is 0. The summed E-state index contributed by atoms with van der Waals surface area (Å²) < 4.78 is 5.05. The normalized spacial score (nSPS) is 12.1. The van der Waals surface area contributed by atoms with E-state index in [1.54, 1.807) is 42.6 Å². The van der Waals surface area contributed by atoms with E-state index in [4.69, 9.17) is 4.74 Å². The average Bonchev–Trinajstić information content (AvgIpc) is 2.91. The van der Waals surface area contributed by atoms with Crippen molar-refractivity contribution in [1.29, 1.82) is 0 Å². The molecule has 4 nitrogen and oxygen atoms in total. The molecular formula is C13H13NO3. The molecule has 0 saturated carbocycles. The molecule has 0 aliphatic heterocycles. The number of aromatic nitrogens is 1. The van der Waals surface area contributed by atoms with Crippen LogP contribution in [0.2, 0.25) is 0 Å². The topological polar surface area (TPSA) is 62.3 Å². The van der Waals surface area contributed by atoms with E-state index in [-0.39, 0.29) is 5.78 Å². The third-order valence-electron chi connectivity index (χ3n) is 2.52. The monoisotopic (exact) mass is 231 g/mol. The van der Waals surface area contributed by atoms with Crippen molar-refractivity contribution in [3.63, 3.8) is 0 Å². The zero-order valence-corrected chi connectivity index (χ0v) is 9.38. The molecule has 1 heterocycles. The van der Waals surface area contributed by atoms with Crippen LogP contribution in [0.3, 0.4) is 0 Å². The molecular weight excluding hydrogens is 218 g/mol. The summed E-state index contributed by atoms with van der Waals surface area (Å²) in [6, 6.07) is 10.2. The van der Waals surface area contributed by atoms with Gasteiger partial charge in [-0.3, -0.25) is 4.79 Å². The summed E-state index contributed by atoms with van der Waals surface area (Å²) in [5.41, 5.74) is 0.907. The average molecular weight is 231 g/mol. The highest BCUT2D eigenvalue weighted by atomic mass is 16.5. The van der Waals surface area contributed by atoms with Gasteiger partial charge in [0.05, 0.1) is 12.8 Å². The van der Waals surface area contributed by atoms with Crippen molar-refractivity contribution in [2.75, 3.05) is 7.11 Å². The van der Waals surface area contributed by atoms with Crippen molar-refractivity contribution >= 4 is 5.78 Å². The molecule has 1 unspecified atom stereocenters. The van der Waals surface area contributed by atoms with Gasteiger partial charge in [0.1, 0.15) is 11.9 Å². The molecule has 0 amide bonds. The van der Waals surface area contributed by atoms with Gasteiger partial charge >= 0.3 is 0 Å². The summed E-state index contributed by atoms with van der Waals surface area (Å²) in [6.07, 6.45) is 0.467. The zero-order valence-electron chi connectivity index (χ0n) is 9.38. The minimum Gasteiger partial charge on any atom is -0.497 e. The van der Waals surface area contributed by atoms with Crippen LogP contribution in [0, 0.1) is 0 Å². The van der Waals surface area contributed by atoms with E-state index in [0.29, 0.717) is 17.0 Å². The molecule has 0 aliphatic carbocycles. The van der Waals surface area contributed by atoms with Crippen LogP contribution >= 0.6 is 0 Å². The van der Waals surface area contributed by atoms with Crippen molar-refractivity contribution < 1.29 is 14.6 Å². The molecule has 2 aromatic rings. The molecule has 1 aromatic carbocycles. The minimum absolute atomic E-state index is 0.358. The maximum absolute atomic E-state index is 11.9. The second kappa shape index (κ2) is 4.84. The number of ketones is 1. The number of H-pyrrole nitrogens is 1. The van der Waals surface area contributed by atoms with Gasteiger partial charge in [-0.05, 0) is 29.8 Å².